The summed E-state index contributed by atoms with van der Waals surface area (Å²) in [6.07, 6.45) is 0.950. The Hall–Kier alpha value is -0.380. The van der Waals surface area contributed by atoms with Gasteiger partial charge in [0.25, 0.3) is 5.24 Å². The molecule has 0 aromatic carbocycles. The number of carbonyl (C=O) groups excluding carboxylic acids is 1. The summed E-state index contributed by atoms with van der Waals surface area (Å²) >= 11 is 15.3. The van der Waals surface area contributed by atoms with Gasteiger partial charge in [-0.2, -0.15) is 0 Å². The van der Waals surface area contributed by atoms with Crippen LogP contribution in [-0.2, 0) is 4.79 Å². The first-order valence-corrected chi connectivity index (χ1v) is 3.48. The summed E-state index contributed by atoms with van der Waals surface area (Å²) in [5.74, 6) is 0. The molecule has 0 aromatic heterocycles. The predicted octanol–water partition coefficient (Wildman–Crippen LogP) is 2.11. The molecule has 0 rings (SSSR count). The van der Waals surface area contributed by atoms with Gasteiger partial charge < -0.3 is 0 Å². The molecule has 0 saturated heterocycles. The van der Waals surface area contributed by atoms with Crippen LogP contribution < -0.4 is 0 Å². The summed E-state index contributed by atoms with van der Waals surface area (Å²) in [5, 5.41) is 12.0. The van der Waals surface area contributed by atoms with Gasteiger partial charge in [0, 0.05) is 0 Å². The lowest BCUT2D eigenvalue weighted by atomic mass is 10.3. The minimum absolute atomic E-state index is 0.245. The molecule has 11 heavy (non-hydrogen) atoms. The van der Waals surface area contributed by atoms with Crippen molar-refractivity contribution in [2.45, 2.75) is 0 Å². The zero-order valence-corrected chi connectivity index (χ0v) is 7.39. The molecule has 0 aliphatic heterocycles. The lowest BCUT2D eigenvalue weighted by molar-refractivity contribution is -0.106. The van der Waals surface area contributed by atoms with Crippen molar-refractivity contribution in [2.24, 2.45) is 0 Å². The molecule has 0 fully saturated rings. The van der Waals surface area contributed by atoms with E-state index in [1.165, 1.54) is 0 Å². The predicted molar refractivity (Wildman–Crippen MR) is 46.1 cm³/mol. The van der Waals surface area contributed by atoms with Crippen molar-refractivity contribution in [3.63, 3.8) is 0 Å². The molecule has 0 aliphatic rings. The lowest BCUT2D eigenvalue weighted by Gasteiger charge is -1.92. The Labute approximate surface area is 78.0 Å². The molecule has 2 N–H and O–H groups in total. The van der Waals surface area contributed by atoms with E-state index in [4.69, 9.17) is 45.6 Å². The molecule has 0 saturated carbocycles. The topological polar surface area (TPSA) is 64.8 Å². The van der Waals surface area contributed by atoms with E-state index in [0.717, 1.165) is 6.08 Å². The van der Waals surface area contributed by atoms with Gasteiger partial charge in [-0.05, 0) is 17.7 Å². The minimum atomic E-state index is -0.982. The Kier molecular flexibility index (Phi) is 4.33. The van der Waals surface area contributed by atoms with Crippen LogP contribution in [-0.4, -0.2) is 16.1 Å². The van der Waals surface area contributed by atoms with Crippen LogP contribution in [0.3, 0.4) is 0 Å². The van der Waals surface area contributed by atoms with E-state index >= 15 is 0 Å². The molecule has 6 heteroatoms. The maximum Gasteiger partial charge on any atom is 0.271 e. The second-order valence-electron chi connectivity index (χ2n) is 1.49. The highest BCUT2D eigenvalue weighted by atomic mass is 35.5. The molecule has 0 heterocycles. The van der Waals surface area contributed by atoms with E-state index in [1.807, 2.05) is 0 Å². The molecule has 60 valence electrons. The second-order valence-corrected chi connectivity index (χ2v) is 2.65. The van der Waals surface area contributed by atoms with Crippen LogP contribution in [0.1, 0.15) is 0 Å². The average molecular weight is 213 g/mol. The van der Waals surface area contributed by atoms with Crippen molar-refractivity contribution in [3.05, 3.63) is 11.1 Å². The van der Waals surface area contributed by atoms with Crippen LogP contribution in [0.15, 0.2) is 11.1 Å². The Balaban J connectivity index is 4.49. The number of halogens is 3. The summed E-state index contributed by atoms with van der Waals surface area (Å²) in [4.78, 5) is 10.3. The Morgan fingerprint density at radius 3 is 1.91 bits per heavy atom. The highest BCUT2D eigenvalue weighted by Crippen LogP contribution is 2.06. The molecule has 0 unspecified atom stereocenters. The minimum Gasteiger partial charge on any atom is -0.295 e. The van der Waals surface area contributed by atoms with Gasteiger partial charge in [-0.15, -0.1) is 0 Å². The molecular weight excluding hydrogens is 210 g/mol. The molecule has 0 atom stereocenters. The van der Waals surface area contributed by atoms with Gasteiger partial charge in [0.05, 0.1) is 5.03 Å². The van der Waals surface area contributed by atoms with Gasteiger partial charge >= 0.3 is 0 Å². The Morgan fingerprint density at radius 2 is 1.64 bits per heavy atom. The summed E-state index contributed by atoms with van der Waals surface area (Å²) in [6, 6.07) is 0. The number of carbonyl (C=O) groups is 1. The van der Waals surface area contributed by atoms with Gasteiger partial charge in [0.1, 0.15) is 10.9 Å². The first kappa shape index (κ1) is 10.6. The Morgan fingerprint density at radius 1 is 1.18 bits per heavy atom. The van der Waals surface area contributed by atoms with E-state index in [0.29, 0.717) is 0 Å². The third-order valence-corrected chi connectivity index (χ3v) is 1.29. The molecular formula is C5H3Cl3N2O. The fourth-order valence-corrected chi connectivity index (χ4v) is 0.787. The van der Waals surface area contributed by atoms with Gasteiger partial charge in [0.2, 0.25) is 0 Å². The summed E-state index contributed by atoms with van der Waals surface area (Å²) in [6.45, 7) is 0. The zero-order chi connectivity index (χ0) is 9.02. The van der Waals surface area contributed by atoms with Gasteiger partial charge in [-0.1, -0.05) is 23.2 Å². The second kappa shape index (κ2) is 4.49. The largest absolute Gasteiger partial charge is 0.295 e. The molecule has 0 spiro atoms. The normalized spacial score (nSPS) is 11.0. The van der Waals surface area contributed by atoms with Crippen LogP contribution in [0.4, 0.5) is 0 Å². The number of hydrogen-bond acceptors (Lipinski definition) is 3. The SMILES string of the molecule is N=C(Cl)/C=C(/Cl)C(=N)C(=O)Cl. The molecule has 0 radical (unpaired) electrons. The number of nitrogens with one attached hydrogen (secondary N) is 2. The monoisotopic (exact) mass is 212 g/mol. The summed E-state index contributed by atoms with van der Waals surface area (Å²) in [7, 11) is 0. The molecule has 0 aromatic rings. The third kappa shape index (κ3) is 4.14. The van der Waals surface area contributed by atoms with Gasteiger partial charge in [-0.25, -0.2) is 0 Å². The van der Waals surface area contributed by atoms with E-state index in [2.05, 4.69) is 0 Å². The fourth-order valence-electron chi connectivity index (χ4n) is 0.277. The van der Waals surface area contributed by atoms with Crippen molar-refractivity contribution >= 4 is 50.9 Å². The average Bonchev–Trinajstić information content (AvgIpc) is 1.84. The van der Waals surface area contributed by atoms with E-state index in [1.54, 1.807) is 0 Å². The van der Waals surface area contributed by atoms with Gasteiger partial charge in [-0.3, -0.25) is 15.6 Å². The molecule has 0 amide bonds. The quantitative estimate of drug-likeness (QED) is 0.547. The van der Waals surface area contributed by atoms with Crippen LogP contribution in [0.25, 0.3) is 0 Å². The van der Waals surface area contributed by atoms with Crippen molar-refractivity contribution in [3.8, 4) is 0 Å². The van der Waals surface area contributed by atoms with Crippen molar-refractivity contribution < 1.29 is 4.79 Å². The first-order chi connectivity index (χ1) is 4.95. The van der Waals surface area contributed by atoms with Crippen LogP contribution in [0.2, 0.25) is 0 Å². The van der Waals surface area contributed by atoms with E-state index in [9.17, 15) is 4.79 Å². The zero-order valence-electron chi connectivity index (χ0n) is 5.12. The summed E-state index contributed by atoms with van der Waals surface area (Å²) < 4.78 is 0. The van der Waals surface area contributed by atoms with Crippen LogP contribution >= 0.6 is 34.8 Å². The number of allylic oxidation sites excluding steroid dienone is 2. The van der Waals surface area contributed by atoms with Crippen molar-refractivity contribution in [2.75, 3.05) is 0 Å². The highest BCUT2D eigenvalue weighted by molar-refractivity contribution is 6.86. The molecule has 3 nitrogen and oxygen atoms in total. The maximum absolute atomic E-state index is 10.3. The first-order valence-electron chi connectivity index (χ1n) is 2.35. The van der Waals surface area contributed by atoms with Crippen molar-refractivity contribution in [1.29, 1.82) is 10.8 Å². The number of rotatable bonds is 3. The van der Waals surface area contributed by atoms with Crippen LogP contribution in [0, 0.1) is 10.8 Å². The summed E-state index contributed by atoms with van der Waals surface area (Å²) in [5.41, 5.74) is -0.571. The van der Waals surface area contributed by atoms with Gasteiger partial charge in [0.15, 0.2) is 0 Å². The van der Waals surface area contributed by atoms with Crippen molar-refractivity contribution in [1.82, 2.24) is 0 Å². The van der Waals surface area contributed by atoms with E-state index < -0.39 is 11.0 Å². The third-order valence-electron chi connectivity index (χ3n) is 0.689. The molecule has 0 aliphatic carbocycles. The van der Waals surface area contributed by atoms with E-state index in [-0.39, 0.29) is 10.2 Å². The smallest absolute Gasteiger partial charge is 0.271 e. The number of hydrogen-bond donors (Lipinski definition) is 2. The standard InChI is InChI=1S/C5H3Cl3N2O/c6-2(1-3(7)9)4(10)5(8)11/h1,9-10H/b2-1+,9-3?,10-4?. The lowest BCUT2D eigenvalue weighted by Crippen LogP contribution is -2.06. The Bertz CT molecular complexity index is 246. The fraction of sp³-hybridized carbons (Fsp3) is 0. The maximum atomic E-state index is 10.3. The highest BCUT2D eigenvalue weighted by Gasteiger charge is 2.09. The van der Waals surface area contributed by atoms with Crippen LogP contribution in [0.5, 0.6) is 0 Å². The molecule has 0 bridgehead atoms.